The Bertz CT molecular complexity index is 940. The number of nitro groups is 1. The summed E-state index contributed by atoms with van der Waals surface area (Å²) in [5.41, 5.74) is 2.17. The molecule has 0 bridgehead atoms. The number of hydrogen-bond acceptors (Lipinski definition) is 4. The van der Waals surface area contributed by atoms with E-state index in [9.17, 15) is 14.9 Å². The van der Waals surface area contributed by atoms with Gasteiger partial charge in [0.1, 0.15) is 5.75 Å². The summed E-state index contributed by atoms with van der Waals surface area (Å²) >= 11 is 0. The zero-order valence-corrected chi connectivity index (χ0v) is 15.2. The highest BCUT2D eigenvalue weighted by molar-refractivity contribution is 6.04. The second-order valence-electron chi connectivity index (χ2n) is 6.22. The van der Waals surface area contributed by atoms with Gasteiger partial charge in [-0.2, -0.15) is 0 Å². The lowest BCUT2D eigenvalue weighted by Crippen LogP contribution is -2.12. The van der Waals surface area contributed by atoms with E-state index in [1.165, 1.54) is 29.8 Å². The summed E-state index contributed by atoms with van der Waals surface area (Å²) in [4.78, 5) is 22.5. The molecule has 3 rings (SSSR count). The zero-order valence-electron chi connectivity index (χ0n) is 15.2. The maximum absolute atomic E-state index is 12.3. The van der Waals surface area contributed by atoms with Crippen LogP contribution in [0, 0.1) is 10.1 Å². The van der Waals surface area contributed by atoms with E-state index in [1.807, 2.05) is 24.3 Å². The molecule has 0 aliphatic rings. The average molecular weight is 376 g/mol. The Hall–Kier alpha value is -3.67. The van der Waals surface area contributed by atoms with E-state index in [0.717, 1.165) is 12.8 Å². The van der Waals surface area contributed by atoms with Crippen molar-refractivity contribution < 1.29 is 14.5 Å². The number of carbonyl (C=O) groups is 1. The molecule has 28 heavy (non-hydrogen) atoms. The highest BCUT2D eigenvalue weighted by Gasteiger charge is 2.10. The van der Waals surface area contributed by atoms with Crippen molar-refractivity contribution in [1.29, 1.82) is 0 Å². The first-order valence-electron chi connectivity index (χ1n) is 8.94. The molecule has 0 fully saturated rings. The normalized spacial score (nSPS) is 10.3. The minimum Gasteiger partial charge on any atom is -0.494 e. The summed E-state index contributed by atoms with van der Waals surface area (Å²) in [5.74, 6) is 0.339. The number of hydrogen-bond donors (Lipinski definition) is 1. The molecule has 6 heteroatoms. The van der Waals surface area contributed by atoms with Crippen LogP contribution in [-0.2, 0) is 6.42 Å². The number of ether oxygens (including phenoxy) is 1. The standard InChI is InChI=1S/C22H20N2O4/c25-22(18-11-13-20(14-12-18)24(26)27)23-19-9-4-10-21(16-19)28-15-5-8-17-6-2-1-3-7-17/h1-4,6-7,9-14,16H,5,8,15H2,(H,23,25). The van der Waals surface area contributed by atoms with E-state index in [0.29, 0.717) is 23.6 Å². The van der Waals surface area contributed by atoms with Crippen LogP contribution < -0.4 is 10.1 Å². The van der Waals surface area contributed by atoms with Crippen molar-refractivity contribution in [3.8, 4) is 5.75 Å². The van der Waals surface area contributed by atoms with Crippen molar-refractivity contribution in [3.05, 3.63) is 100 Å². The third kappa shape index (κ3) is 5.41. The van der Waals surface area contributed by atoms with Gasteiger partial charge in [-0.15, -0.1) is 0 Å². The lowest BCUT2D eigenvalue weighted by molar-refractivity contribution is -0.384. The van der Waals surface area contributed by atoms with Crippen LogP contribution >= 0.6 is 0 Å². The Labute approximate surface area is 162 Å². The second-order valence-corrected chi connectivity index (χ2v) is 6.22. The molecular formula is C22H20N2O4. The molecular weight excluding hydrogens is 356 g/mol. The quantitative estimate of drug-likeness (QED) is 0.346. The second kappa shape index (κ2) is 9.32. The molecule has 0 heterocycles. The molecule has 3 aromatic rings. The number of rotatable bonds is 8. The van der Waals surface area contributed by atoms with Gasteiger partial charge in [0.05, 0.1) is 11.5 Å². The Morgan fingerprint density at radius 3 is 2.43 bits per heavy atom. The summed E-state index contributed by atoms with van der Waals surface area (Å²) in [6.07, 6.45) is 1.83. The summed E-state index contributed by atoms with van der Waals surface area (Å²) < 4.78 is 5.77. The number of aryl methyl sites for hydroxylation is 1. The van der Waals surface area contributed by atoms with Crippen LogP contribution in [0.15, 0.2) is 78.9 Å². The van der Waals surface area contributed by atoms with E-state index in [-0.39, 0.29) is 11.6 Å². The van der Waals surface area contributed by atoms with Crippen LogP contribution in [0.3, 0.4) is 0 Å². The average Bonchev–Trinajstić information content (AvgIpc) is 2.72. The van der Waals surface area contributed by atoms with Crippen molar-refractivity contribution in [2.24, 2.45) is 0 Å². The van der Waals surface area contributed by atoms with Gasteiger partial charge in [0, 0.05) is 29.4 Å². The van der Waals surface area contributed by atoms with Crippen LogP contribution in [0.5, 0.6) is 5.75 Å². The number of benzene rings is 3. The van der Waals surface area contributed by atoms with E-state index in [1.54, 1.807) is 18.2 Å². The van der Waals surface area contributed by atoms with Crippen molar-refractivity contribution in [3.63, 3.8) is 0 Å². The number of nitrogens with zero attached hydrogens (tertiary/aromatic N) is 1. The molecule has 0 spiro atoms. The number of carbonyl (C=O) groups excluding carboxylic acids is 1. The van der Waals surface area contributed by atoms with Crippen LogP contribution in [-0.4, -0.2) is 17.4 Å². The maximum atomic E-state index is 12.3. The molecule has 0 aliphatic carbocycles. The molecule has 0 radical (unpaired) electrons. The fraction of sp³-hybridized carbons (Fsp3) is 0.136. The van der Waals surface area contributed by atoms with Gasteiger partial charge >= 0.3 is 0 Å². The van der Waals surface area contributed by atoms with Crippen LogP contribution in [0.2, 0.25) is 0 Å². The lowest BCUT2D eigenvalue weighted by Gasteiger charge is -2.09. The molecule has 3 aromatic carbocycles. The fourth-order valence-electron chi connectivity index (χ4n) is 2.71. The van der Waals surface area contributed by atoms with Crippen LogP contribution in [0.4, 0.5) is 11.4 Å². The smallest absolute Gasteiger partial charge is 0.269 e. The maximum Gasteiger partial charge on any atom is 0.269 e. The van der Waals surface area contributed by atoms with Gasteiger partial charge in [0.25, 0.3) is 11.6 Å². The Balaban J connectivity index is 1.52. The van der Waals surface area contributed by atoms with Crippen molar-refractivity contribution in [2.75, 3.05) is 11.9 Å². The molecule has 1 N–H and O–H groups in total. The van der Waals surface area contributed by atoms with E-state index < -0.39 is 4.92 Å². The van der Waals surface area contributed by atoms with Gasteiger partial charge in [-0.1, -0.05) is 36.4 Å². The van der Waals surface area contributed by atoms with Crippen molar-refractivity contribution in [1.82, 2.24) is 0 Å². The van der Waals surface area contributed by atoms with Crippen LogP contribution in [0.25, 0.3) is 0 Å². The fourth-order valence-corrected chi connectivity index (χ4v) is 2.71. The first-order valence-corrected chi connectivity index (χ1v) is 8.94. The number of nitrogens with one attached hydrogen (secondary N) is 1. The third-order valence-corrected chi connectivity index (χ3v) is 4.15. The highest BCUT2D eigenvalue weighted by atomic mass is 16.6. The summed E-state index contributed by atoms with van der Waals surface area (Å²) in [5, 5.41) is 13.5. The van der Waals surface area contributed by atoms with Crippen molar-refractivity contribution in [2.45, 2.75) is 12.8 Å². The van der Waals surface area contributed by atoms with Gasteiger partial charge < -0.3 is 10.1 Å². The molecule has 1 amide bonds. The Morgan fingerprint density at radius 2 is 1.71 bits per heavy atom. The van der Waals surface area contributed by atoms with E-state index >= 15 is 0 Å². The SMILES string of the molecule is O=C(Nc1cccc(OCCCc2ccccc2)c1)c1ccc([N+](=O)[O-])cc1. The van der Waals surface area contributed by atoms with Gasteiger partial charge in [0.15, 0.2) is 0 Å². The van der Waals surface area contributed by atoms with Crippen molar-refractivity contribution >= 4 is 17.3 Å². The minimum absolute atomic E-state index is 0.0533. The Kier molecular flexibility index (Phi) is 6.36. The molecule has 0 unspecified atom stereocenters. The molecule has 142 valence electrons. The number of amides is 1. The highest BCUT2D eigenvalue weighted by Crippen LogP contribution is 2.19. The molecule has 6 nitrogen and oxygen atoms in total. The Morgan fingerprint density at radius 1 is 0.964 bits per heavy atom. The molecule has 0 aromatic heterocycles. The van der Waals surface area contributed by atoms with Crippen LogP contribution in [0.1, 0.15) is 22.3 Å². The summed E-state index contributed by atoms with van der Waals surface area (Å²) in [6.45, 7) is 0.578. The lowest BCUT2D eigenvalue weighted by atomic mass is 10.1. The van der Waals surface area contributed by atoms with Gasteiger partial charge in [-0.05, 0) is 42.7 Å². The molecule has 0 saturated heterocycles. The third-order valence-electron chi connectivity index (χ3n) is 4.15. The first kappa shape index (κ1) is 19.1. The van der Waals surface area contributed by atoms with E-state index in [4.69, 9.17) is 4.74 Å². The summed E-state index contributed by atoms with van der Waals surface area (Å²) in [7, 11) is 0. The number of nitro benzene ring substituents is 1. The molecule has 0 aliphatic heterocycles. The van der Waals surface area contributed by atoms with E-state index in [2.05, 4.69) is 17.4 Å². The number of non-ortho nitro benzene ring substituents is 1. The van der Waals surface area contributed by atoms with Gasteiger partial charge in [-0.3, -0.25) is 14.9 Å². The number of anilines is 1. The largest absolute Gasteiger partial charge is 0.494 e. The molecule has 0 saturated carbocycles. The van der Waals surface area contributed by atoms with Gasteiger partial charge in [0.2, 0.25) is 0 Å². The monoisotopic (exact) mass is 376 g/mol. The molecule has 0 atom stereocenters. The first-order chi connectivity index (χ1) is 13.6. The topological polar surface area (TPSA) is 81.5 Å². The predicted molar refractivity (Wildman–Crippen MR) is 108 cm³/mol. The van der Waals surface area contributed by atoms with Gasteiger partial charge in [-0.25, -0.2) is 0 Å². The zero-order chi connectivity index (χ0) is 19.8. The minimum atomic E-state index is -0.500. The summed E-state index contributed by atoms with van der Waals surface area (Å²) in [6, 6.07) is 22.9. The predicted octanol–water partition coefficient (Wildman–Crippen LogP) is 4.86.